The Morgan fingerprint density at radius 1 is 1.14 bits per heavy atom. The van der Waals surface area contributed by atoms with Crippen molar-refractivity contribution in [3.05, 3.63) is 0 Å². The molecule has 2 heterocycles. The monoisotopic (exact) mass is 196 g/mol. The van der Waals surface area contributed by atoms with Crippen molar-refractivity contribution in [3.8, 4) is 0 Å². The smallest absolute Gasteiger partial charge is 0.0111 e. The third-order valence-corrected chi connectivity index (χ3v) is 3.85. The molecule has 2 saturated heterocycles. The summed E-state index contributed by atoms with van der Waals surface area (Å²) in [6.07, 6.45) is 5.54. The van der Waals surface area contributed by atoms with E-state index < -0.39 is 0 Å². The molecule has 3 unspecified atom stereocenters. The first-order valence-corrected chi connectivity index (χ1v) is 6.24. The van der Waals surface area contributed by atoms with Crippen molar-refractivity contribution in [1.29, 1.82) is 0 Å². The lowest BCUT2D eigenvalue weighted by molar-refractivity contribution is 0.173. The molecule has 0 bridgehead atoms. The molecular weight excluding hydrogens is 172 g/mol. The van der Waals surface area contributed by atoms with Gasteiger partial charge in [-0.1, -0.05) is 6.92 Å². The molecule has 2 aliphatic rings. The van der Waals surface area contributed by atoms with Crippen molar-refractivity contribution < 1.29 is 0 Å². The minimum Gasteiger partial charge on any atom is -0.317 e. The van der Waals surface area contributed by atoms with Crippen LogP contribution in [0.4, 0.5) is 0 Å². The fourth-order valence-electron chi connectivity index (χ4n) is 3.17. The zero-order valence-electron chi connectivity index (χ0n) is 9.63. The quantitative estimate of drug-likeness (QED) is 0.688. The highest BCUT2D eigenvalue weighted by molar-refractivity contribution is 4.86. The first-order valence-electron chi connectivity index (χ1n) is 6.24. The largest absolute Gasteiger partial charge is 0.317 e. The minimum atomic E-state index is 0.827. The molecule has 0 aromatic carbocycles. The Bertz CT molecular complexity index is 173. The predicted octanol–water partition coefficient (Wildman–Crippen LogP) is 1.86. The van der Waals surface area contributed by atoms with Crippen molar-refractivity contribution in [1.82, 2.24) is 10.2 Å². The highest BCUT2D eigenvalue weighted by atomic mass is 15.2. The molecule has 82 valence electrons. The molecule has 0 aliphatic carbocycles. The van der Waals surface area contributed by atoms with E-state index in [0.717, 1.165) is 18.0 Å². The van der Waals surface area contributed by atoms with Crippen LogP contribution in [-0.2, 0) is 0 Å². The van der Waals surface area contributed by atoms with Crippen LogP contribution in [0.1, 0.15) is 39.5 Å². The molecule has 0 spiro atoms. The third-order valence-electron chi connectivity index (χ3n) is 3.85. The topological polar surface area (TPSA) is 15.3 Å². The van der Waals surface area contributed by atoms with Crippen LogP contribution in [0.25, 0.3) is 0 Å². The lowest BCUT2D eigenvalue weighted by Crippen LogP contribution is -2.38. The number of nitrogens with one attached hydrogen (secondary N) is 1. The molecule has 0 aromatic heterocycles. The van der Waals surface area contributed by atoms with Gasteiger partial charge in [-0.15, -0.1) is 0 Å². The van der Waals surface area contributed by atoms with Crippen LogP contribution in [-0.4, -0.2) is 36.6 Å². The first-order chi connectivity index (χ1) is 6.77. The van der Waals surface area contributed by atoms with E-state index in [4.69, 9.17) is 0 Å². The van der Waals surface area contributed by atoms with Gasteiger partial charge >= 0.3 is 0 Å². The van der Waals surface area contributed by atoms with Gasteiger partial charge < -0.3 is 5.32 Å². The maximum atomic E-state index is 3.50. The second-order valence-corrected chi connectivity index (χ2v) is 5.22. The van der Waals surface area contributed by atoms with Crippen molar-refractivity contribution in [2.75, 3.05) is 19.6 Å². The lowest BCUT2D eigenvalue weighted by Gasteiger charge is -2.30. The summed E-state index contributed by atoms with van der Waals surface area (Å²) in [4.78, 5) is 2.76. The fourth-order valence-corrected chi connectivity index (χ4v) is 3.17. The van der Waals surface area contributed by atoms with Gasteiger partial charge in [-0.05, 0) is 51.6 Å². The second-order valence-electron chi connectivity index (χ2n) is 5.22. The van der Waals surface area contributed by atoms with Crippen molar-refractivity contribution >= 4 is 0 Å². The van der Waals surface area contributed by atoms with Gasteiger partial charge in [-0.2, -0.15) is 0 Å². The first kappa shape index (κ1) is 10.4. The van der Waals surface area contributed by atoms with Gasteiger partial charge in [0.2, 0.25) is 0 Å². The number of likely N-dealkylation sites (tertiary alicyclic amines) is 1. The molecule has 2 rings (SSSR count). The van der Waals surface area contributed by atoms with Gasteiger partial charge in [0.1, 0.15) is 0 Å². The summed E-state index contributed by atoms with van der Waals surface area (Å²) in [7, 11) is 0. The molecule has 0 aromatic rings. The molecule has 2 fully saturated rings. The zero-order valence-corrected chi connectivity index (χ0v) is 9.63. The van der Waals surface area contributed by atoms with E-state index in [1.165, 1.54) is 45.3 Å². The third kappa shape index (κ3) is 2.29. The molecule has 0 saturated carbocycles. The number of rotatable bonds is 1. The highest BCUT2D eigenvalue weighted by Crippen LogP contribution is 2.27. The molecule has 2 nitrogen and oxygen atoms in total. The maximum absolute atomic E-state index is 3.50. The van der Waals surface area contributed by atoms with E-state index >= 15 is 0 Å². The number of nitrogens with zero attached hydrogens (tertiary/aromatic N) is 1. The van der Waals surface area contributed by atoms with E-state index in [0.29, 0.717) is 0 Å². The van der Waals surface area contributed by atoms with Crippen LogP contribution < -0.4 is 5.32 Å². The van der Waals surface area contributed by atoms with Crippen molar-refractivity contribution in [2.24, 2.45) is 5.92 Å². The summed E-state index contributed by atoms with van der Waals surface area (Å²) >= 11 is 0. The minimum absolute atomic E-state index is 0.827. The second kappa shape index (κ2) is 4.63. The molecule has 1 N–H and O–H groups in total. The summed E-state index contributed by atoms with van der Waals surface area (Å²) in [5.74, 6) is 0.918. The van der Waals surface area contributed by atoms with Gasteiger partial charge in [0.25, 0.3) is 0 Å². The summed E-state index contributed by atoms with van der Waals surface area (Å²) < 4.78 is 0. The van der Waals surface area contributed by atoms with Gasteiger partial charge in [0.15, 0.2) is 0 Å². The van der Waals surface area contributed by atoms with Crippen molar-refractivity contribution in [2.45, 2.75) is 51.6 Å². The molecule has 2 heteroatoms. The van der Waals surface area contributed by atoms with Gasteiger partial charge in [0.05, 0.1) is 0 Å². The lowest BCUT2D eigenvalue weighted by atomic mass is 10.1. The number of hydrogen-bond acceptors (Lipinski definition) is 2. The normalized spacial score (nSPS) is 41.1. The summed E-state index contributed by atoms with van der Waals surface area (Å²) in [6, 6.07) is 1.69. The molecule has 3 atom stereocenters. The molecular formula is C12H24N2. The van der Waals surface area contributed by atoms with Crippen LogP contribution >= 0.6 is 0 Å². The Morgan fingerprint density at radius 3 is 2.71 bits per heavy atom. The van der Waals surface area contributed by atoms with Crippen molar-refractivity contribution in [3.63, 3.8) is 0 Å². The van der Waals surface area contributed by atoms with Gasteiger partial charge in [-0.25, -0.2) is 0 Å². The maximum Gasteiger partial charge on any atom is 0.0111 e. The standard InChI is InChI=1S/C12H24N2/c1-10-8-11(2)14(9-10)12-4-3-6-13-7-5-12/h10-13H,3-9H2,1-2H3. The number of hydrogen-bond donors (Lipinski definition) is 1. The van der Waals surface area contributed by atoms with Crippen LogP contribution in [0.3, 0.4) is 0 Å². The van der Waals surface area contributed by atoms with E-state index in [2.05, 4.69) is 24.1 Å². The SMILES string of the molecule is CC1CC(C)N(C2CCCNCC2)C1. The summed E-state index contributed by atoms with van der Waals surface area (Å²) in [6.45, 7) is 8.59. The van der Waals surface area contributed by atoms with Gasteiger partial charge in [-0.3, -0.25) is 4.90 Å². The molecule has 14 heavy (non-hydrogen) atoms. The Hall–Kier alpha value is -0.0800. The summed E-state index contributed by atoms with van der Waals surface area (Å²) in [5, 5.41) is 3.50. The molecule has 2 aliphatic heterocycles. The average molecular weight is 196 g/mol. The predicted molar refractivity (Wildman–Crippen MR) is 60.5 cm³/mol. The highest BCUT2D eigenvalue weighted by Gasteiger charge is 2.31. The van der Waals surface area contributed by atoms with E-state index in [1.54, 1.807) is 0 Å². The van der Waals surface area contributed by atoms with Crippen LogP contribution in [0.15, 0.2) is 0 Å². The Morgan fingerprint density at radius 2 is 2.00 bits per heavy atom. The average Bonchev–Trinajstić information content (AvgIpc) is 2.43. The fraction of sp³-hybridized carbons (Fsp3) is 1.00. The van der Waals surface area contributed by atoms with Crippen LogP contribution in [0, 0.1) is 5.92 Å². The summed E-state index contributed by atoms with van der Waals surface area (Å²) in [5.41, 5.74) is 0. The Labute approximate surface area is 88.1 Å². The Balaban J connectivity index is 1.92. The van der Waals surface area contributed by atoms with Gasteiger partial charge in [0, 0.05) is 18.6 Å². The molecule has 0 amide bonds. The van der Waals surface area contributed by atoms with E-state index in [1.807, 2.05) is 0 Å². The van der Waals surface area contributed by atoms with E-state index in [9.17, 15) is 0 Å². The zero-order chi connectivity index (χ0) is 9.97. The van der Waals surface area contributed by atoms with Crippen LogP contribution in [0.2, 0.25) is 0 Å². The van der Waals surface area contributed by atoms with Crippen LogP contribution in [0.5, 0.6) is 0 Å². The van der Waals surface area contributed by atoms with E-state index in [-0.39, 0.29) is 0 Å². The molecule has 0 radical (unpaired) electrons. The Kier molecular flexibility index (Phi) is 3.45.